The third kappa shape index (κ3) is 19.1. The fraction of sp³-hybridized carbons (Fsp3) is 0.532. The molecule has 8 bridgehead atoms. The molecule has 16 heterocycles. The summed E-state index contributed by atoms with van der Waals surface area (Å²) < 4.78 is 22.8. The van der Waals surface area contributed by atoms with E-state index in [0.29, 0.717) is 74.5 Å². The summed E-state index contributed by atoms with van der Waals surface area (Å²) >= 11 is 0. The van der Waals surface area contributed by atoms with Crippen molar-refractivity contribution in [2.24, 2.45) is 0 Å². The Bertz CT molecular complexity index is 4870. The molecule has 8 amide bonds. The van der Waals surface area contributed by atoms with Crippen molar-refractivity contribution in [1.82, 2.24) is 81.6 Å². The van der Waals surface area contributed by atoms with Crippen LogP contribution in [0, 0.1) is 0 Å². The summed E-state index contributed by atoms with van der Waals surface area (Å²) in [5, 5.41) is 29.8. The zero-order valence-corrected chi connectivity index (χ0v) is 74.5. The van der Waals surface area contributed by atoms with Crippen LogP contribution in [0.2, 0.25) is 0 Å². The Kier molecular flexibility index (Phi) is 27.1. The van der Waals surface area contributed by atoms with Crippen molar-refractivity contribution in [3.05, 3.63) is 142 Å². The Morgan fingerprint density at radius 3 is 0.865 bits per heavy atom. The van der Waals surface area contributed by atoms with Crippen LogP contribution < -0.4 is 72.8 Å². The number of benzene rings is 4. The first kappa shape index (κ1) is 87.2. The van der Waals surface area contributed by atoms with Crippen LogP contribution in [0.4, 0.5) is 65.2 Å². The van der Waals surface area contributed by atoms with Crippen LogP contribution in [0.25, 0.3) is 45.6 Å². The zero-order valence-electron chi connectivity index (χ0n) is 74.5. The maximum absolute atomic E-state index is 11.8. The average Bonchev–Trinajstić information content (AvgIpc) is 1.54. The minimum Gasteiger partial charge on any atom is -0.377 e. The van der Waals surface area contributed by atoms with Crippen LogP contribution in [-0.2, 0) is 44.6 Å². The Balaban J connectivity index is 0.000000119. The molecule has 12 atom stereocenters. The number of hydrogen-bond donors (Lipinski definition) is 10. The molecule has 0 saturated carbocycles. The molecule has 0 radical (unpaired) electrons. The van der Waals surface area contributed by atoms with Crippen LogP contribution in [0.3, 0.4) is 0 Å². The topological polar surface area (TPSA) is 348 Å². The fourth-order valence-electron chi connectivity index (χ4n) is 20.3. The van der Waals surface area contributed by atoms with Crippen LogP contribution in [0.1, 0.15) is 176 Å². The van der Waals surface area contributed by atoms with Crippen molar-refractivity contribution in [1.29, 1.82) is 0 Å². The largest absolute Gasteiger partial charge is 0.377 e. The van der Waals surface area contributed by atoms with Crippen molar-refractivity contribution >= 4 is 70.1 Å². The molecular weight excluding hydrogens is 1590 g/mol. The van der Waals surface area contributed by atoms with E-state index >= 15 is 0 Å². The Morgan fingerprint density at radius 1 is 0.341 bits per heavy atom. The normalized spacial score (nSPS) is 24.7. The molecule has 8 aromatic rings. The number of rotatable bonds is 16. The Labute approximate surface area is 738 Å². The van der Waals surface area contributed by atoms with E-state index in [2.05, 4.69) is 124 Å². The van der Waals surface area contributed by atoms with Gasteiger partial charge in [-0.2, -0.15) is 0 Å². The molecule has 4 aromatic carbocycles. The number of nitrogens with zero attached hydrogens (tertiary/aromatic N) is 14. The van der Waals surface area contributed by atoms with Crippen molar-refractivity contribution in [3.8, 4) is 45.6 Å². The van der Waals surface area contributed by atoms with Crippen molar-refractivity contribution in [2.45, 2.75) is 205 Å². The molecule has 12 aliphatic heterocycles. The minimum atomic E-state index is -0.202. The monoisotopic (exact) mass is 1720 g/mol. The van der Waals surface area contributed by atoms with Crippen molar-refractivity contribution in [2.75, 3.05) is 160 Å². The van der Waals surface area contributed by atoms with E-state index in [0.717, 1.165) is 209 Å². The van der Waals surface area contributed by atoms with E-state index in [1.807, 2.05) is 125 Å². The van der Waals surface area contributed by atoms with Gasteiger partial charge in [0.25, 0.3) is 0 Å². The molecule has 126 heavy (non-hydrogen) atoms. The van der Waals surface area contributed by atoms with Crippen molar-refractivity contribution in [3.63, 3.8) is 0 Å². The van der Waals surface area contributed by atoms with Crippen LogP contribution in [-0.4, -0.2) is 241 Å². The number of anilines is 8. The highest BCUT2D eigenvalue weighted by atomic mass is 16.5. The number of fused-ring (bicyclic) bond motifs is 16. The summed E-state index contributed by atoms with van der Waals surface area (Å²) in [7, 11) is 4.48. The first-order chi connectivity index (χ1) is 61.3. The molecule has 8 unspecified atom stereocenters. The van der Waals surface area contributed by atoms with Gasteiger partial charge in [0.2, 0.25) is 0 Å². The molecule has 4 aromatic heterocycles. The van der Waals surface area contributed by atoms with Gasteiger partial charge >= 0.3 is 24.1 Å². The fourth-order valence-corrected chi connectivity index (χ4v) is 20.3. The molecule has 12 aliphatic rings. The SMILES string of the molecule is CCNC(=O)Nc1ccc(-c2nc3c(c(N4CCOC[C@@H]4C)n2)C2CCC(C3)N2)cc1.CCNC(=O)Nc1ccc(-c2nc3c(c(N4CCOC[C@@H]4C)n2)C2CCC(C3)N2)cc1.CCNC(=O)Nc1ccc(-c2nc3c(c(N4CCOC[C@@H]4C)n2)C2CCC(C3)N2C)cc1.CCNC(=O)Nc1ccc(-c2nc3c(c(N4CCOC[C@@H]4C)n2)C2CCC(C3)N2C)cc1. The molecular formula is C94H124N24O8. The second-order valence-corrected chi connectivity index (χ2v) is 35.3. The summed E-state index contributed by atoms with van der Waals surface area (Å²) in [5.41, 5.74) is 16.7. The maximum atomic E-state index is 11.8. The predicted molar refractivity (Wildman–Crippen MR) is 491 cm³/mol. The Hall–Kier alpha value is -10.8. The van der Waals surface area contributed by atoms with E-state index in [-0.39, 0.29) is 48.3 Å². The number of aromatic nitrogens is 8. The molecule has 0 aliphatic carbocycles. The minimum absolute atomic E-state index is 0.200. The molecule has 32 heteroatoms. The molecule has 10 N–H and O–H groups in total. The number of carbonyl (C=O) groups excluding carboxylic acids is 4. The first-order valence-electron chi connectivity index (χ1n) is 45.9. The highest BCUT2D eigenvalue weighted by Crippen LogP contribution is 2.50. The van der Waals surface area contributed by atoms with Gasteiger partial charge in [-0.1, -0.05) is 0 Å². The third-order valence-electron chi connectivity index (χ3n) is 26.8. The highest BCUT2D eigenvalue weighted by Gasteiger charge is 2.46. The molecule has 20 rings (SSSR count). The lowest BCUT2D eigenvalue weighted by Gasteiger charge is -2.40. The van der Waals surface area contributed by atoms with Gasteiger partial charge in [-0.3, -0.25) is 9.80 Å². The number of amides is 8. The van der Waals surface area contributed by atoms with Crippen LogP contribution >= 0.6 is 0 Å². The van der Waals surface area contributed by atoms with Gasteiger partial charge < -0.3 is 91.7 Å². The van der Waals surface area contributed by atoms with E-state index in [1.165, 1.54) is 83.6 Å². The standard InChI is InChI=1S/2C24H32N6O2.2C23H30N6O2/c2*1-4-25-24(31)26-17-7-5-16(6-8-17)22-27-19-13-18-9-10-20(29(18)3)21(19)23(28-22)30-11-12-32-14-15(30)2;2*1-3-24-23(30)26-16-6-4-15(5-7-16)21-27-19-12-17-8-9-18(25-17)20(19)22(28-21)29-10-11-31-13-14(29)2/h2*5-8,15,18,20H,4,9-14H2,1-3H3,(H2,25,26,31);2*4-7,14,17-18,25H,3,8-13H2,1-2H3,(H2,24,26,30)/t2*15-,18?,20?;2*14-,17?,18?/m0000/s1. The zero-order chi connectivity index (χ0) is 87.2. The van der Waals surface area contributed by atoms with Gasteiger partial charge in [0, 0.05) is 194 Å². The molecule has 668 valence electrons. The van der Waals surface area contributed by atoms with E-state index < -0.39 is 0 Å². The number of hydrogen-bond acceptors (Lipinski definition) is 24. The van der Waals surface area contributed by atoms with Crippen LogP contribution in [0.5, 0.6) is 0 Å². The smallest absolute Gasteiger partial charge is 0.319 e. The number of urea groups is 4. The summed E-state index contributed by atoms with van der Waals surface area (Å²) in [6.45, 7) is 27.9. The summed E-state index contributed by atoms with van der Waals surface area (Å²) in [6, 6.07) is 35.0. The molecule has 8 saturated heterocycles. The van der Waals surface area contributed by atoms with E-state index in [4.69, 9.17) is 58.8 Å². The quantitative estimate of drug-likeness (QED) is 0.0429. The van der Waals surface area contributed by atoms with Crippen LogP contribution in [0.15, 0.2) is 97.1 Å². The summed E-state index contributed by atoms with van der Waals surface area (Å²) in [5.74, 6) is 7.26. The van der Waals surface area contributed by atoms with E-state index in [1.54, 1.807) is 0 Å². The van der Waals surface area contributed by atoms with Gasteiger partial charge in [-0.05, 0) is 218 Å². The van der Waals surface area contributed by atoms with Crippen molar-refractivity contribution < 1.29 is 38.1 Å². The second-order valence-electron chi connectivity index (χ2n) is 35.3. The third-order valence-corrected chi connectivity index (χ3v) is 26.8. The Morgan fingerprint density at radius 2 is 0.603 bits per heavy atom. The molecule has 8 fully saturated rings. The predicted octanol–water partition coefficient (Wildman–Crippen LogP) is 12.1. The average molecular weight is 1720 g/mol. The van der Waals surface area contributed by atoms with Gasteiger partial charge in [-0.15, -0.1) is 0 Å². The lowest BCUT2D eigenvalue weighted by molar-refractivity contribution is 0.0980. The first-order valence-corrected chi connectivity index (χ1v) is 45.9. The van der Waals surface area contributed by atoms with Gasteiger partial charge in [-0.25, -0.2) is 59.0 Å². The van der Waals surface area contributed by atoms with E-state index in [9.17, 15) is 19.2 Å². The second kappa shape index (κ2) is 39.2. The number of morpholine rings is 4. The van der Waals surface area contributed by atoms with Gasteiger partial charge in [0.05, 0.1) is 99.8 Å². The number of nitrogens with one attached hydrogen (secondary N) is 10. The van der Waals surface area contributed by atoms with Gasteiger partial charge in [0.1, 0.15) is 23.3 Å². The molecule has 0 spiro atoms. The van der Waals surface area contributed by atoms with Gasteiger partial charge in [0.15, 0.2) is 23.3 Å². The summed E-state index contributed by atoms with van der Waals surface area (Å²) in [4.78, 5) is 102. The summed E-state index contributed by atoms with van der Waals surface area (Å²) in [6.07, 6.45) is 13.3. The number of likely N-dealkylation sites (N-methyl/N-ethyl adjacent to an activating group) is 2. The maximum Gasteiger partial charge on any atom is 0.319 e. The number of carbonyl (C=O) groups is 4. The number of ether oxygens (including phenoxy) is 4. The lowest BCUT2D eigenvalue weighted by atomic mass is 9.97. The highest BCUT2D eigenvalue weighted by molar-refractivity contribution is 5.92. The lowest BCUT2D eigenvalue weighted by Crippen LogP contribution is -2.46. The molecule has 32 nitrogen and oxygen atoms in total.